The lowest BCUT2D eigenvalue weighted by Crippen LogP contribution is -2.44. The van der Waals surface area contributed by atoms with Crippen LogP contribution in [-0.2, 0) is 10.4 Å². The largest absolute Gasteiger partial charge is 0.375 e. The average molecular weight is 329 g/mol. The standard InChI is InChI=1S/C18H19NO3S/c1-11(2)19-14-7-5-4-6-13(14)18(22,17(19)21)10-15(20)16-9-8-12(3)23-16/h4-9,11,22H,10H2,1-3H3/t18-/m1/s1. The van der Waals surface area contributed by atoms with Crippen molar-refractivity contribution in [2.75, 3.05) is 4.90 Å². The summed E-state index contributed by atoms with van der Waals surface area (Å²) < 4.78 is 0. The van der Waals surface area contributed by atoms with Crippen molar-refractivity contribution in [3.05, 3.63) is 51.7 Å². The van der Waals surface area contributed by atoms with E-state index in [-0.39, 0.29) is 18.2 Å². The maximum atomic E-state index is 12.8. The Bertz CT molecular complexity index is 780. The van der Waals surface area contributed by atoms with Gasteiger partial charge in [-0.2, -0.15) is 0 Å². The molecule has 1 amide bonds. The first kappa shape index (κ1) is 15.9. The molecule has 0 saturated carbocycles. The normalized spacial score (nSPS) is 20.2. The first-order valence-corrected chi connectivity index (χ1v) is 8.41. The molecule has 1 aromatic heterocycles. The number of carbonyl (C=O) groups is 2. The number of rotatable bonds is 4. The molecule has 1 aromatic carbocycles. The molecule has 1 atom stereocenters. The molecule has 0 saturated heterocycles. The molecule has 0 spiro atoms. The van der Waals surface area contributed by atoms with Crippen molar-refractivity contribution in [3.63, 3.8) is 0 Å². The van der Waals surface area contributed by atoms with Crippen LogP contribution in [-0.4, -0.2) is 22.8 Å². The van der Waals surface area contributed by atoms with E-state index in [0.29, 0.717) is 16.1 Å². The molecule has 0 bridgehead atoms. The third kappa shape index (κ3) is 2.50. The molecule has 0 radical (unpaired) electrons. The highest BCUT2D eigenvalue weighted by Gasteiger charge is 2.51. The highest BCUT2D eigenvalue weighted by molar-refractivity contribution is 7.14. The predicted molar refractivity (Wildman–Crippen MR) is 91.0 cm³/mol. The number of aryl methyl sites for hydroxylation is 1. The topological polar surface area (TPSA) is 57.6 Å². The van der Waals surface area contributed by atoms with Gasteiger partial charge in [-0.1, -0.05) is 18.2 Å². The van der Waals surface area contributed by atoms with Gasteiger partial charge in [-0.15, -0.1) is 11.3 Å². The van der Waals surface area contributed by atoms with Gasteiger partial charge >= 0.3 is 0 Å². The Morgan fingerprint density at radius 1 is 1.26 bits per heavy atom. The second kappa shape index (κ2) is 5.58. The lowest BCUT2D eigenvalue weighted by molar-refractivity contribution is -0.136. The smallest absolute Gasteiger partial charge is 0.264 e. The second-order valence-electron chi connectivity index (χ2n) is 6.16. The highest BCUT2D eigenvalue weighted by atomic mass is 32.1. The van der Waals surface area contributed by atoms with Crippen LogP contribution < -0.4 is 4.90 Å². The Balaban J connectivity index is 2.00. The molecule has 5 heteroatoms. The molecule has 120 valence electrons. The number of benzene rings is 1. The number of ketones is 1. The number of fused-ring (bicyclic) bond motifs is 1. The van der Waals surface area contributed by atoms with Gasteiger partial charge in [0, 0.05) is 16.5 Å². The van der Waals surface area contributed by atoms with Crippen molar-refractivity contribution in [1.82, 2.24) is 0 Å². The number of aliphatic hydroxyl groups is 1. The molecule has 0 unspecified atom stereocenters. The van der Waals surface area contributed by atoms with Gasteiger partial charge < -0.3 is 10.0 Å². The van der Waals surface area contributed by atoms with Crippen LogP contribution in [0.3, 0.4) is 0 Å². The summed E-state index contributed by atoms with van der Waals surface area (Å²) in [4.78, 5) is 28.5. The first-order valence-electron chi connectivity index (χ1n) is 7.60. The molecule has 2 heterocycles. The molecule has 4 nitrogen and oxygen atoms in total. The lowest BCUT2D eigenvalue weighted by Gasteiger charge is -2.25. The number of hydrogen-bond donors (Lipinski definition) is 1. The molecular formula is C18H19NO3S. The quantitative estimate of drug-likeness (QED) is 0.876. The Morgan fingerprint density at radius 3 is 2.57 bits per heavy atom. The Hall–Kier alpha value is -1.98. The fraction of sp³-hybridized carbons (Fsp3) is 0.333. The minimum Gasteiger partial charge on any atom is -0.375 e. The minimum atomic E-state index is -1.78. The zero-order valence-electron chi connectivity index (χ0n) is 13.4. The van der Waals surface area contributed by atoms with E-state index < -0.39 is 11.5 Å². The minimum absolute atomic E-state index is 0.0863. The number of amides is 1. The fourth-order valence-electron chi connectivity index (χ4n) is 3.04. The van der Waals surface area contributed by atoms with Gasteiger partial charge in [-0.3, -0.25) is 9.59 Å². The lowest BCUT2D eigenvalue weighted by atomic mass is 9.89. The molecule has 0 fully saturated rings. The molecular weight excluding hydrogens is 310 g/mol. The molecule has 0 aliphatic carbocycles. The zero-order chi connectivity index (χ0) is 16.8. The summed E-state index contributed by atoms with van der Waals surface area (Å²) in [7, 11) is 0. The number of nitrogens with zero attached hydrogens (tertiary/aromatic N) is 1. The fourth-order valence-corrected chi connectivity index (χ4v) is 3.85. The highest BCUT2D eigenvalue weighted by Crippen LogP contribution is 2.43. The third-order valence-electron chi connectivity index (χ3n) is 4.13. The number of anilines is 1. The number of Topliss-reactive ketones (excluding diaryl/α,β-unsaturated/α-hetero) is 1. The van der Waals surface area contributed by atoms with Gasteiger partial charge in [0.2, 0.25) is 0 Å². The van der Waals surface area contributed by atoms with Crippen LogP contribution in [0.25, 0.3) is 0 Å². The van der Waals surface area contributed by atoms with E-state index >= 15 is 0 Å². The number of carbonyl (C=O) groups excluding carboxylic acids is 2. The van der Waals surface area contributed by atoms with Gasteiger partial charge in [-0.05, 0) is 39.0 Å². The Kier molecular flexibility index (Phi) is 3.86. The van der Waals surface area contributed by atoms with E-state index in [2.05, 4.69) is 0 Å². The van der Waals surface area contributed by atoms with Crippen LogP contribution >= 0.6 is 11.3 Å². The summed E-state index contributed by atoms with van der Waals surface area (Å²) in [5.74, 6) is -0.630. The Labute approximate surface area is 139 Å². The second-order valence-corrected chi connectivity index (χ2v) is 7.44. The number of para-hydroxylation sites is 1. The SMILES string of the molecule is Cc1ccc(C(=O)C[C@]2(O)C(=O)N(C(C)C)c3ccccc32)s1. The van der Waals surface area contributed by atoms with E-state index in [1.54, 1.807) is 23.1 Å². The third-order valence-corrected chi connectivity index (χ3v) is 5.17. The molecule has 3 rings (SSSR count). The van der Waals surface area contributed by atoms with Crippen LogP contribution in [0, 0.1) is 6.92 Å². The summed E-state index contributed by atoms with van der Waals surface area (Å²) in [6.45, 7) is 5.71. The van der Waals surface area contributed by atoms with Crippen molar-refractivity contribution in [2.45, 2.75) is 38.8 Å². The van der Waals surface area contributed by atoms with Crippen LogP contribution in [0.5, 0.6) is 0 Å². The van der Waals surface area contributed by atoms with Crippen LogP contribution in [0.1, 0.15) is 40.4 Å². The first-order chi connectivity index (χ1) is 10.8. The zero-order valence-corrected chi connectivity index (χ0v) is 14.2. The van der Waals surface area contributed by atoms with Crippen LogP contribution in [0.4, 0.5) is 5.69 Å². The monoisotopic (exact) mass is 329 g/mol. The van der Waals surface area contributed by atoms with Crippen molar-refractivity contribution in [3.8, 4) is 0 Å². The van der Waals surface area contributed by atoms with Crippen molar-refractivity contribution < 1.29 is 14.7 Å². The summed E-state index contributed by atoms with van der Waals surface area (Å²) in [5.41, 5.74) is -0.582. The number of hydrogen-bond acceptors (Lipinski definition) is 4. The molecule has 1 N–H and O–H groups in total. The van der Waals surface area contributed by atoms with Gasteiger partial charge in [0.05, 0.1) is 17.0 Å². The maximum Gasteiger partial charge on any atom is 0.264 e. The summed E-state index contributed by atoms with van der Waals surface area (Å²) in [5, 5.41) is 11.1. The van der Waals surface area contributed by atoms with E-state index in [0.717, 1.165) is 4.88 Å². The van der Waals surface area contributed by atoms with Crippen molar-refractivity contribution in [1.29, 1.82) is 0 Å². The maximum absolute atomic E-state index is 12.8. The Morgan fingerprint density at radius 2 is 1.96 bits per heavy atom. The molecule has 2 aromatic rings. The van der Waals surface area contributed by atoms with Gasteiger partial charge in [-0.25, -0.2) is 0 Å². The van der Waals surface area contributed by atoms with Gasteiger partial charge in [0.1, 0.15) is 0 Å². The van der Waals surface area contributed by atoms with Gasteiger partial charge in [0.25, 0.3) is 5.91 Å². The van der Waals surface area contributed by atoms with Crippen molar-refractivity contribution >= 4 is 28.7 Å². The van der Waals surface area contributed by atoms with E-state index in [1.165, 1.54) is 11.3 Å². The average Bonchev–Trinajstić information content (AvgIpc) is 3.01. The number of thiophene rings is 1. The van der Waals surface area contributed by atoms with Crippen LogP contribution in [0.15, 0.2) is 36.4 Å². The summed E-state index contributed by atoms with van der Waals surface area (Å²) in [6.07, 6.45) is -0.230. The van der Waals surface area contributed by atoms with E-state index in [1.807, 2.05) is 39.0 Å². The summed E-state index contributed by atoms with van der Waals surface area (Å²) >= 11 is 1.38. The predicted octanol–water partition coefficient (Wildman–Crippen LogP) is 3.27. The van der Waals surface area contributed by atoms with Crippen LogP contribution in [0.2, 0.25) is 0 Å². The van der Waals surface area contributed by atoms with E-state index in [9.17, 15) is 14.7 Å². The van der Waals surface area contributed by atoms with E-state index in [4.69, 9.17) is 0 Å². The van der Waals surface area contributed by atoms with Crippen molar-refractivity contribution in [2.24, 2.45) is 0 Å². The summed E-state index contributed by atoms with van der Waals surface area (Å²) in [6, 6.07) is 10.7. The van der Waals surface area contributed by atoms with Gasteiger partial charge in [0.15, 0.2) is 11.4 Å². The molecule has 1 aliphatic heterocycles. The molecule has 23 heavy (non-hydrogen) atoms. The molecule has 1 aliphatic rings.